The number of H-pyrrole nitrogens is 1. The average molecular weight is 400 g/mol. The van der Waals surface area contributed by atoms with Gasteiger partial charge in [0, 0.05) is 36.6 Å². The van der Waals surface area contributed by atoms with Crippen LogP contribution in [0.25, 0.3) is 10.9 Å². The standard InChI is InChI=1S/C20H25N5O2S/c1-22-17-7-5-4-6-16(17)20(21)19(25(2)3)13-24-28(26,27)15-9-8-14-10-11-23-18(14)12-15/h4-12,19,21-24H,13H2,1-3H3. The zero-order chi connectivity index (χ0) is 20.3. The van der Waals surface area contributed by atoms with Crippen molar-refractivity contribution in [2.45, 2.75) is 10.9 Å². The number of fused-ring (bicyclic) bond motifs is 1. The number of nitrogens with one attached hydrogen (secondary N) is 4. The summed E-state index contributed by atoms with van der Waals surface area (Å²) < 4.78 is 28.2. The number of rotatable bonds is 8. The maximum absolute atomic E-state index is 12.8. The fraction of sp³-hybridized carbons (Fsp3) is 0.250. The summed E-state index contributed by atoms with van der Waals surface area (Å²) in [5, 5.41) is 12.7. The molecule has 0 spiro atoms. The molecule has 1 aromatic heterocycles. The number of nitrogens with zero attached hydrogens (tertiary/aromatic N) is 1. The molecule has 0 aliphatic carbocycles. The molecular formula is C20H25N5O2S. The summed E-state index contributed by atoms with van der Waals surface area (Å²) in [4.78, 5) is 5.06. The van der Waals surface area contributed by atoms with Crippen LogP contribution in [-0.4, -0.2) is 57.7 Å². The largest absolute Gasteiger partial charge is 0.388 e. The molecule has 0 fully saturated rings. The highest BCUT2D eigenvalue weighted by molar-refractivity contribution is 7.89. The Kier molecular flexibility index (Phi) is 5.83. The molecule has 7 nitrogen and oxygen atoms in total. The molecule has 148 valence electrons. The lowest BCUT2D eigenvalue weighted by Gasteiger charge is -2.26. The van der Waals surface area contributed by atoms with Crippen molar-refractivity contribution >= 4 is 32.3 Å². The molecule has 28 heavy (non-hydrogen) atoms. The van der Waals surface area contributed by atoms with Gasteiger partial charge in [-0.15, -0.1) is 0 Å². The molecule has 1 heterocycles. The van der Waals surface area contributed by atoms with Gasteiger partial charge in [0.1, 0.15) is 0 Å². The predicted octanol–water partition coefficient (Wildman–Crippen LogP) is 2.49. The zero-order valence-electron chi connectivity index (χ0n) is 16.2. The third kappa shape index (κ3) is 4.09. The van der Waals surface area contributed by atoms with E-state index in [1.165, 1.54) is 0 Å². The Morgan fingerprint density at radius 3 is 2.64 bits per heavy atom. The van der Waals surface area contributed by atoms with E-state index in [9.17, 15) is 8.42 Å². The number of benzene rings is 2. The maximum Gasteiger partial charge on any atom is 0.240 e. The Morgan fingerprint density at radius 1 is 1.18 bits per heavy atom. The van der Waals surface area contributed by atoms with E-state index in [1.807, 2.05) is 49.3 Å². The molecule has 0 saturated carbocycles. The van der Waals surface area contributed by atoms with E-state index in [0.717, 1.165) is 22.2 Å². The quantitative estimate of drug-likeness (QED) is 0.437. The lowest BCUT2D eigenvalue weighted by atomic mass is 10.0. The summed E-state index contributed by atoms with van der Waals surface area (Å²) in [6, 6.07) is 14.0. The van der Waals surface area contributed by atoms with Gasteiger partial charge in [-0.1, -0.05) is 24.3 Å². The Morgan fingerprint density at radius 2 is 1.93 bits per heavy atom. The monoisotopic (exact) mass is 399 g/mol. The summed E-state index contributed by atoms with van der Waals surface area (Å²) in [6.45, 7) is 0.0922. The van der Waals surface area contributed by atoms with Crippen LogP contribution in [0.5, 0.6) is 0 Å². The number of hydrogen-bond donors (Lipinski definition) is 4. The summed E-state index contributed by atoms with van der Waals surface area (Å²) in [5.74, 6) is 0. The number of likely N-dealkylation sites (N-methyl/N-ethyl adjacent to an activating group) is 1. The highest BCUT2D eigenvalue weighted by Crippen LogP contribution is 2.19. The van der Waals surface area contributed by atoms with Crippen molar-refractivity contribution in [3.05, 3.63) is 60.3 Å². The van der Waals surface area contributed by atoms with Crippen molar-refractivity contribution in [3.63, 3.8) is 0 Å². The first-order chi connectivity index (χ1) is 13.3. The lowest BCUT2D eigenvalue weighted by molar-refractivity contribution is 0.359. The van der Waals surface area contributed by atoms with Gasteiger partial charge < -0.3 is 15.7 Å². The Hall–Kier alpha value is -2.68. The molecule has 8 heteroatoms. The summed E-state index contributed by atoms with van der Waals surface area (Å²) >= 11 is 0. The van der Waals surface area contributed by atoms with Gasteiger partial charge in [0.15, 0.2) is 0 Å². The summed E-state index contributed by atoms with van der Waals surface area (Å²) in [5.41, 5.74) is 2.69. The van der Waals surface area contributed by atoms with E-state index in [2.05, 4.69) is 15.0 Å². The minimum Gasteiger partial charge on any atom is -0.388 e. The normalized spacial score (nSPS) is 13.0. The molecule has 3 aromatic rings. The molecule has 3 rings (SSSR count). The number of aromatic amines is 1. The Labute approximate surface area is 165 Å². The number of aromatic nitrogens is 1. The number of para-hydroxylation sites is 1. The molecule has 0 radical (unpaired) electrons. The molecule has 0 aliphatic rings. The van der Waals surface area contributed by atoms with E-state index >= 15 is 0 Å². The SMILES string of the molecule is CNc1ccccc1C(=N)C(CNS(=O)(=O)c1ccc2cc[nH]c2c1)N(C)C. The molecule has 0 aliphatic heterocycles. The summed E-state index contributed by atoms with van der Waals surface area (Å²) in [7, 11) is 1.77. The topological polar surface area (TPSA) is 101 Å². The molecule has 0 amide bonds. The van der Waals surface area contributed by atoms with Crippen molar-refractivity contribution in [2.75, 3.05) is 33.0 Å². The van der Waals surface area contributed by atoms with Crippen molar-refractivity contribution in [1.82, 2.24) is 14.6 Å². The molecule has 2 aromatic carbocycles. The molecule has 0 bridgehead atoms. The zero-order valence-corrected chi connectivity index (χ0v) is 17.0. The van der Waals surface area contributed by atoms with Crippen LogP contribution in [0.3, 0.4) is 0 Å². The second-order valence-electron chi connectivity index (χ2n) is 6.77. The van der Waals surface area contributed by atoms with E-state index in [-0.39, 0.29) is 11.4 Å². The second-order valence-corrected chi connectivity index (χ2v) is 8.53. The van der Waals surface area contributed by atoms with Crippen LogP contribution in [0.1, 0.15) is 5.56 Å². The summed E-state index contributed by atoms with van der Waals surface area (Å²) in [6.07, 6.45) is 1.77. The predicted molar refractivity (Wildman–Crippen MR) is 114 cm³/mol. The third-order valence-electron chi connectivity index (χ3n) is 4.75. The third-order valence-corrected chi connectivity index (χ3v) is 6.17. The van der Waals surface area contributed by atoms with Crippen molar-refractivity contribution in [2.24, 2.45) is 0 Å². The van der Waals surface area contributed by atoms with Gasteiger partial charge in [-0.3, -0.25) is 4.90 Å². The van der Waals surface area contributed by atoms with E-state index in [4.69, 9.17) is 5.41 Å². The smallest absolute Gasteiger partial charge is 0.240 e. The number of sulfonamides is 1. The molecule has 0 saturated heterocycles. The van der Waals surface area contributed by atoms with Gasteiger partial charge >= 0.3 is 0 Å². The fourth-order valence-corrected chi connectivity index (χ4v) is 4.19. The first kappa shape index (κ1) is 20.1. The van der Waals surface area contributed by atoms with Gasteiger partial charge in [-0.05, 0) is 43.7 Å². The Balaban J connectivity index is 1.81. The van der Waals surface area contributed by atoms with E-state index in [1.54, 1.807) is 31.4 Å². The van der Waals surface area contributed by atoms with Crippen molar-refractivity contribution in [3.8, 4) is 0 Å². The van der Waals surface area contributed by atoms with Gasteiger partial charge in [-0.25, -0.2) is 13.1 Å². The average Bonchev–Trinajstić information content (AvgIpc) is 3.15. The lowest BCUT2D eigenvalue weighted by Crippen LogP contribution is -2.45. The van der Waals surface area contributed by atoms with Crippen LogP contribution in [0.15, 0.2) is 59.6 Å². The fourth-order valence-electron chi connectivity index (χ4n) is 3.12. The Bertz CT molecular complexity index is 1090. The van der Waals surface area contributed by atoms with Crippen LogP contribution >= 0.6 is 0 Å². The first-order valence-corrected chi connectivity index (χ1v) is 10.4. The van der Waals surface area contributed by atoms with Crippen molar-refractivity contribution in [1.29, 1.82) is 5.41 Å². The molecular weight excluding hydrogens is 374 g/mol. The number of anilines is 1. The molecule has 1 unspecified atom stereocenters. The van der Waals surface area contributed by atoms with Gasteiger partial charge in [0.2, 0.25) is 10.0 Å². The van der Waals surface area contributed by atoms with Gasteiger partial charge in [0.25, 0.3) is 0 Å². The van der Waals surface area contributed by atoms with E-state index < -0.39 is 16.1 Å². The van der Waals surface area contributed by atoms with Crippen LogP contribution in [0.2, 0.25) is 0 Å². The van der Waals surface area contributed by atoms with Crippen LogP contribution < -0.4 is 10.0 Å². The second kappa shape index (κ2) is 8.14. The van der Waals surface area contributed by atoms with Crippen molar-refractivity contribution < 1.29 is 8.42 Å². The van der Waals surface area contributed by atoms with Gasteiger partial charge in [0.05, 0.1) is 16.6 Å². The maximum atomic E-state index is 12.8. The highest BCUT2D eigenvalue weighted by Gasteiger charge is 2.24. The van der Waals surface area contributed by atoms with Crippen LogP contribution in [0, 0.1) is 5.41 Å². The number of hydrogen-bond acceptors (Lipinski definition) is 5. The van der Waals surface area contributed by atoms with Crippen LogP contribution in [-0.2, 0) is 10.0 Å². The van der Waals surface area contributed by atoms with E-state index in [0.29, 0.717) is 5.71 Å². The first-order valence-electron chi connectivity index (χ1n) is 8.92. The minimum absolute atomic E-state index is 0.0922. The molecule has 1 atom stereocenters. The van der Waals surface area contributed by atoms with Crippen LogP contribution in [0.4, 0.5) is 5.69 Å². The highest BCUT2D eigenvalue weighted by atomic mass is 32.2. The minimum atomic E-state index is -3.70. The van der Waals surface area contributed by atoms with Gasteiger partial charge in [-0.2, -0.15) is 0 Å². The molecule has 4 N–H and O–H groups in total.